The molecular weight excluding hydrogens is 275 g/mol. The van der Waals surface area contributed by atoms with Gasteiger partial charge in [-0.25, -0.2) is 9.18 Å². The van der Waals surface area contributed by atoms with Crippen LogP contribution in [0.4, 0.5) is 9.18 Å². The summed E-state index contributed by atoms with van der Waals surface area (Å²) < 4.78 is 17.8. The number of nitrogens with one attached hydrogen (secondary N) is 1. The Bertz CT molecular complexity index is 705. The van der Waals surface area contributed by atoms with Gasteiger partial charge in [0.05, 0.1) is 19.1 Å². The molecule has 1 aromatic heterocycles. The predicted octanol–water partition coefficient (Wildman–Crippen LogP) is 2.51. The molecule has 0 unspecified atom stereocenters. The van der Waals surface area contributed by atoms with Gasteiger partial charge in [0.15, 0.2) is 0 Å². The lowest BCUT2D eigenvalue weighted by atomic mass is 10.2. The van der Waals surface area contributed by atoms with E-state index >= 15 is 0 Å². The summed E-state index contributed by atoms with van der Waals surface area (Å²) in [5, 5.41) is 2.51. The van der Waals surface area contributed by atoms with Gasteiger partial charge in [-0.05, 0) is 29.8 Å². The van der Waals surface area contributed by atoms with E-state index in [0.717, 1.165) is 4.90 Å². The molecule has 0 spiro atoms. The highest BCUT2D eigenvalue weighted by molar-refractivity contribution is 6.13. The van der Waals surface area contributed by atoms with Crippen molar-refractivity contribution in [3.63, 3.8) is 0 Å². The summed E-state index contributed by atoms with van der Waals surface area (Å²) in [6.07, 6.45) is 4.48. The van der Waals surface area contributed by atoms with Gasteiger partial charge in [-0.3, -0.25) is 9.69 Å². The molecule has 1 fully saturated rings. The Balaban J connectivity index is 1.79. The van der Waals surface area contributed by atoms with Gasteiger partial charge in [-0.2, -0.15) is 0 Å². The Kier molecular flexibility index (Phi) is 3.27. The van der Waals surface area contributed by atoms with Gasteiger partial charge < -0.3 is 9.73 Å². The van der Waals surface area contributed by atoms with Crippen molar-refractivity contribution >= 4 is 18.0 Å². The maximum atomic E-state index is 12.8. The first-order valence-corrected chi connectivity index (χ1v) is 6.25. The van der Waals surface area contributed by atoms with E-state index in [1.165, 1.54) is 42.9 Å². The molecule has 21 heavy (non-hydrogen) atoms. The number of carbonyl (C=O) groups excluding carboxylic acids is 2. The van der Waals surface area contributed by atoms with Crippen LogP contribution in [0.5, 0.6) is 0 Å². The highest BCUT2D eigenvalue weighted by Crippen LogP contribution is 2.17. The van der Waals surface area contributed by atoms with Crippen molar-refractivity contribution in [2.24, 2.45) is 0 Å². The lowest BCUT2D eigenvalue weighted by Crippen LogP contribution is -2.30. The van der Waals surface area contributed by atoms with E-state index in [1.54, 1.807) is 6.07 Å². The third kappa shape index (κ3) is 2.69. The van der Waals surface area contributed by atoms with Crippen molar-refractivity contribution in [2.75, 3.05) is 0 Å². The number of amides is 3. The van der Waals surface area contributed by atoms with Crippen LogP contribution in [0.3, 0.4) is 0 Å². The molecule has 1 aliphatic heterocycles. The molecule has 1 saturated heterocycles. The predicted molar refractivity (Wildman–Crippen MR) is 72.2 cm³/mol. The van der Waals surface area contributed by atoms with Gasteiger partial charge in [0, 0.05) is 5.56 Å². The highest BCUT2D eigenvalue weighted by atomic mass is 19.1. The fraction of sp³-hybridized carbons (Fsp3) is 0.0667. The first-order chi connectivity index (χ1) is 10.1. The number of urea groups is 1. The fourth-order valence-corrected chi connectivity index (χ4v) is 2.01. The first kappa shape index (κ1) is 13.1. The second-order valence-electron chi connectivity index (χ2n) is 4.56. The van der Waals surface area contributed by atoms with Crippen LogP contribution in [0, 0.1) is 5.82 Å². The van der Waals surface area contributed by atoms with E-state index in [1.807, 2.05) is 0 Å². The second kappa shape index (κ2) is 5.24. The molecule has 1 N–H and O–H groups in total. The van der Waals surface area contributed by atoms with Crippen LogP contribution < -0.4 is 5.32 Å². The van der Waals surface area contributed by atoms with Crippen LogP contribution in [0.2, 0.25) is 0 Å². The van der Waals surface area contributed by atoms with Gasteiger partial charge in [-0.15, -0.1) is 0 Å². The number of hydrogen-bond acceptors (Lipinski definition) is 3. The standard InChI is InChI=1S/C15H11FN2O3/c16-12-3-1-10(2-4-12)8-18-14(19)13(17-15(18)20)7-11-5-6-21-9-11/h1-7,9H,8H2,(H,17,20)/b13-7+. The van der Waals surface area contributed by atoms with E-state index in [-0.39, 0.29) is 18.1 Å². The molecule has 3 rings (SSSR count). The van der Waals surface area contributed by atoms with Crippen molar-refractivity contribution < 1.29 is 18.4 Å². The van der Waals surface area contributed by atoms with Crippen LogP contribution in [-0.4, -0.2) is 16.8 Å². The smallest absolute Gasteiger partial charge is 0.329 e. The molecule has 3 amide bonds. The first-order valence-electron chi connectivity index (χ1n) is 6.25. The third-order valence-electron chi connectivity index (χ3n) is 3.07. The topological polar surface area (TPSA) is 62.6 Å². The molecule has 0 radical (unpaired) electrons. The van der Waals surface area contributed by atoms with Crippen LogP contribution in [0.15, 0.2) is 53.0 Å². The Morgan fingerprint density at radius 1 is 1.19 bits per heavy atom. The summed E-state index contributed by atoms with van der Waals surface area (Å²) in [6.45, 7) is 0.0909. The molecule has 0 atom stereocenters. The molecule has 2 heterocycles. The van der Waals surface area contributed by atoms with E-state index in [4.69, 9.17) is 4.42 Å². The molecule has 6 heteroatoms. The number of benzene rings is 1. The summed E-state index contributed by atoms with van der Waals surface area (Å²) in [7, 11) is 0. The maximum Gasteiger partial charge on any atom is 0.329 e. The lowest BCUT2D eigenvalue weighted by Gasteiger charge is -2.11. The summed E-state index contributed by atoms with van der Waals surface area (Å²) in [5.41, 5.74) is 1.54. The average Bonchev–Trinajstić information content (AvgIpc) is 3.06. The van der Waals surface area contributed by atoms with Crippen LogP contribution in [0.25, 0.3) is 6.08 Å². The van der Waals surface area contributed by atoms with Crippen molar-refractivity contribution in [2.45, 2.75) is 6.54 Å². The summed E-state index contributed by atoms with van der Waals surface area (Å²) >= 11 is 0. The normalized spacial score (nSPS) is 16.6. The molecule has 106 valence electrons. The minimum absolute atomic E-state index is 0.0909. The zero-order valence-electron chi connectivity index (χ0n) is 10.9. The molecule has 0 bridgehead atoms. The Hall–Kier alpha value is -2.89. The van der Waals surface area contributed by atoms with E-state index < -0.39 is 11.9 Å². The second-order valence-corrected chi connectivity index (χ2v) is 4.56. The van der Waals surface area contributed by atoms with E-state index in [2.05, 4.69) is 5.32 Å². The summed E-state index contributed by atoms with van der Waals surface area (Å²) in [6, 6.07) is 6.82. The number of nitrogens with zero attached hydrogens (tertiary/aromatic N) is 1. The molecular formula is C15H11FN2O3. The number of furan rings is 1. The number of hydrogen-bond donors (Lipinski definition) is 1. The lowest BCUT2D eigenvalue weighted by molar-refractivity contribution is -0.123. The summed E-state index contributed by atoms with van der Waals surface area (Å²) in [5.74, 6) is -0.790. The molecule has 5 nitrogen and oxygen atoms in total. The largest absolute Gasteiger partial charge is 0.472 e. The van der Waals surface area contributed by atoms with Gasteiger partial charge in [0.2, 0.25) is 0 Å². The van der Waals surface area contributed by atoms with Crippen molar-refractivity contribution in [1.29, 1.82) is 0 Å². The molecule has 0 aliphatic carbocycles. The molecule has 0 saturated carbocycles. The van der Waals surface area contributed by atoms with E-state index in [9.17, 15) is 14.0 Å². The quantitative estimate of drug-likeness (QED) is 0.696. The SMILES string of the molecule is O=C1N/C(=C/c2ccoc2)C(=O)N1Cc1ccc(F)cc1. The third-order valence-corrected chi connectivity index (χ3v) is 3.07. The monoisotopic (exact) mass is 286 g/mol. The van der Waals surface area contributed by atoms with Gasteiger partial charge in [0.25, 0.3) is 5.91 Å². The van der Waals surface area contributed by atoms with Crippen LogP contribution in [-0.2, 0) is 11.3 Å². The van der Waals surface area contributed by atoms with Crippen molar-refractivity contribution in [3.05, 3.63) is 65.5 Å². The Labute approximate surface area is 119 Å². The summed E-state index contributed by atoms with van der Waals surface area (Å²) in [4.78, 5) is 25.1. The number of carbonyl (C=O) groups is 2. The van der Waals surface area contributed by atoms with E-state index in [0.29, 0.717) is 11.1 Å². The van der Waals surface area contributed by atoms with Crippen molar-refractivity contribution in [1.82, 2.24) is 10.2 Å². The molecule has 2 aromatic rings. The van der Waals surface area contributed by atoms with Crippen LogP contribution in [0.1, 0.15) is 11.1 Å². The number of rotatable bonds is 3. The molecule has 1 aliphatic rings. The fourth-order valence-electron chi connectivity index (χ4n) is 2.01. The highest BCUT2D eigenvalue weighted by Gasteiger charge is 2.33. The van der Waals surface area contributed by atoms with Gasteiger partial charge in [-0.1, -0.05) is 12.1 Å². The van der Waals surface area contributed by atoms with Gasteiger partial charge >= 0.3 is 6.03 Å². The zero-order chi connectivity index (χ0) is 14.8. The van der Waals surface area contributed by atoms with Crippen molar-refractivity contribution in [3.8, 4) is 0 Å². The number of imide groups is 1. The zero-order valence-corrected chi connectivity index (χ0v) is 10.9. The molecule has 1 aromatic carbocycles. The Morgan fingerprint density at radius 2 is 1.95 bits per heavy atom. The minimum atomic E-state index is -0.501. The van der Waals surface area contributed by atoms with Gasteiger partial charge in [0.1, 0.15) is 11.5 Å². The maximum absolute atomic E-state index is 12.8. The number of halogens is 1. The minimum Gasteiger partial charge on any atom is -0.472 e. The average molecular weight is 286 g/mol. The van der Waals surface area contributed by atoms with Crippen LogP contribution >= 0.6 is 0 Å². The Morgan fingerprint density at radius 3 is 2.62 bits per heavy atom.